The van der Waals surface area contributed by atoms with Gasteiger partial charge in [-0.15, -0.1) is 0 Å². The summed E-state index contributed by atoms with van der Waals surface area (Å²) in [5.41, 5.74) is 0. The van der Waals surface area contributed by atoms with Crippen LogP contribution < -0.4 is 5.32 Å². The Morgan fingerprint density at radius 2 is 1.19 bits per heavy atom. The molecule has 17 nitrogen and oxygen atoms in total. The Labute approximate surface area is 338 Å². The van der Waals surface area contributed by atoms with Gasteiger partial charge in [0.15, 0.2) is 12.6 Å². The molecule has 2 aliphatic heterocycles. The van der Waals surface area contributed by atoms with Gasteiger partial charge in [0.1, 0.15) is 55.4 Å². The Hall–Kier alpha value is -1.81. The third-order valence-electron chi connectivity index (χ3n) is 9.49. The van der Waals surface area contributed by atoms with E-state index in [-0.39, 0.29) is 66.1 Å². The van der Waals surface area contributed by atoms with Crippen molar-refractivity contribution in [1.82, 2.24) is 5.32 Å². The Bertz CT molecular complexity index is 1040. The average molecular weight is 824 g/mol. The lowest BCUT2D eigenvalue weighted by molar-refractivity contribution is -0.365. The number of ether oxygens (including phenoxy) is 10. The number of aliphatic hydroxyl groups is 5. The molecule has 2 rings (SSSR count). The minimum Gasteiger partial charge on any atom is -0.447 e. The van der Waals surface area contributed by atoms with Gasteiger partial charge >= 0.3 is 6.09 Å². The van der Waals surface area contributed by atoms with Crippen LogP contribution in [0.15, 0.2) is 24.3 Å². The molecule has 2 fully saturated rings. The molecule has 2 saturated heterocycles. The van der Waals surface area contributed by atoms with Crippen LogP contribution in [0.2, 0.25) is 0 Å². The number of rotatable bonds is 33. The number of nitrogens with one attached hydrogen (secondary N) is 1. The number of unbranched alkanes of at least 4 members (excludes halogenated alkanes) is 8. The Morgan fingerprint density at radius 1 is 0.632 bits per heavy atom. The zero-order chi connectivity index (χ0) is 41.5. The third-order valence-corrected chi connectivity index (χ3v) is 9.49. The molecule has 0 bridgehead atoms. The van der Waals surface area contributed by atoms with Crippen molar-refractivity contribution in [1.29, 1.82) is 0 Å². The molecule has 0 saturated carbocycles. The van der Waals surface area contributed by atoms with Crippen molar-refractivity contribution in [2.75, 3.05) is 86.8 Å². The topological polar surface area (TPSA) is 223 Å². The van der Waals surface area contributed by atoms with E-state index in [9.17, 15) is 30.3 Å². The zero-order valence-corrected chi connectivity index (χ0v) is 34.4. The molecule has 57 heavy (non-hydrogen) atoms. The number of methoxy groups -OCH3 is 2. The minimum absolute atomic E-state index is 0.00543. The summed E-state index contributed by atoms with van der Waals surface area (Å²) < 4.78 is 57.4. The van der Waals surface area contributed by atoms with E-state index in [4.69, 9.17) is 47.4 Å². The number of allylic oxidation sites excluding steroid dienone is 4. The van der Waals surface area contributed by atoms with E-state index < -0.39 is 67.5 Å². The zero-order valence-electron chi connectivity index (χ0n) is 34.4. The van der Waals surface area contributed by atoms with Gasteiger partial charge in [-0.25, -0.2) is 4.79 Å². The molecule has 4 unspecified atom stereocenters. The second-order valence-corrected chi connectivity index (χ2v) is 13.9. The van der Waals surface area contributed by atoms with Gasteiger partial charge in [0.25, 0.3) is 0 Å². The van der Waals surface area contributed by atoms with Crippen LogP contribution in [-0.4, -0.2) is 180 Å². The summed E-state index contributed by atoms with van der Waals surface area (Å²) >= 11 is 0. The first-order valence-corrected chi connectivity index (χ1v) is 20.7. The Balaban J connectivity index is 1.84. The summed E-state index contributed by atoms with van der Waals surface area (Å²) in [4.78, 5) is 12.2. The van der Waals surface area contributed by atoms with Crippen molar-refractivity contribution in [3.8, 4) is 0 Å². The first kappa shape index (κ1) is 51.3. The number of alkyl carbamates (subject to hydrolysis) is 1. The molecule has 0 spiro atoms. The van der Waals surface area contributed by atoms with Crippen molar-refractivity contribution >= 4 is 6.09 Å². The highest BCUT2D eigenvalue weighted by Gasteiger charge is 2.52. The van der Waals surface area contributed by atoms with Crippen LogP contribution in [0.25, 0.3) is 0 Å². The van der Waals surface area contributed by atoms with Gasteiger partial charge in [0.05, 0.1) is 59.5 Å². The molecule has 10 atom stereocenters. The normalized spacial score (nSPS) is 28.1. The monoisotopic (exact) mass is 823 g/mol. The fourth-order valence-electron chi connectivity index (χ4n) is 6.56. The molecule has 6 N–H and O–H groups in total. The van der Waals surface area contributed by atoms with Gasteiger partial charge in [0, 0.05) is 20.8 Å². The Kier molecular flexibility index (Phi) is 29.7. The van der Waals surface area contributed by atoms with Crippen LogP contribution in [0.1, 0.15) is 77.6 Å². The van der Waals surface area contributed by atoms with Gasteiger partial charge in [-0.1, -0.05) is 63.3 Å². The fourth-order valence-corrected chi connectivity index (χ4v) is 6.56. The van der Waals surface area contributed by atoms with E-state index in [0.29, 0.717) is 6.54 Å². The predicted octanol–water partition coefficient (Wildman–Crippen LogP) is 2.13. The van der Waals surface area contributed by atoms with E-state index in [1.807, 2.05) is 0 Å². The van der Waals surface area contributed by atoms with Crippen LogP contribution in [0.5, 0.6) is 0 Å². The van der Waals surface area contributed by atoms with Gasteiger partial charge in [-0.2, -0.15) is 0 Å². The summed E-state index contributed by atoms with van der Waals surface area (Å²) in [7, 11) is 2.75. The molecule has 17 heteroatoms. The van der Waals surface area contributed by atoms with E-state index in [1.165, 1.54) is 39.9 Å². The lowest BCUT2D eigenvalue weighted by Gasteiger charge is -2.48. The third kappa shape index (κ3) is 20.3. The van der Waals surface area contributed by atoms with E-state index >= 15 is 0 Å². The van der Waals surface area contributed by atoms with Crippen molar-refractivity contribution in [3.63, 3.8) is 0 Å². The Morgan fingerprint density at radius 3 is 1.82 bits per heavy atom. The van der Waals surface area contributed by atoms with Crippen molar-refractivity contribution < 1.29 is 77.7 Å². The van der Waals surface area contributed by atoms with Gasteiger partial charge in [-0.3, -0.25) is 0 Å². The molecular formula is C40H73NO16. The summed E-state index contributed by atoms with van der Waals surface area (Å²) in [6.07, 6.45) is 9.45. The van der Waals surface area contributed by atoms with Crippen molar-refractivity contribution in [2.24, 2.45) is 0 Å². The smallest absolute Gasteiger partial charge is 0.407 e. The van der Waals surface area contributed by atoms with Crippen LogP contribution in [0.4, 0.5) is 4.79 Å². The lowest BCUT2D eigenvalue weighted by Crippen LogP contribution is -2.66. The lowest BCUT2D eigenvalue weighted by atomic mass is 9.96. The number of hydrogen-bond acceptors (Lipinski definition) is 16. The fraction of sp³-hybridized carbons (Fsp3) is 0.875. The number of hydrogen-bond donors (Lipinski definition) is 6. The molecule has 0 aromatic heterocycles. The summed E-state index contributed by atoms with van der Waals surface area (Å²) in [5.74, 6) is 0. The van der Waals surface area contributed by atoms with Gasteiger partial charge in [-0.05, 0) is 38.5 Å². The highest BCUT2D eigenvalue weighted by molar-refractivity contribution is 5.66. The number of aliphatic hydroxyl groups excluding tert-OH is 5. The average Bonchev–Trinajstić information content (AvgIpc) is 3.21. The second kappa shape index (κ2) is 33.0. The van der Waals surface area contributed by atoms with E-state index in [1.54, 1.807) is 0 Å². The highest BCUT2D eigenvalue weighted by atomic mass is 16.8. The van der Waals surface area contributed by atoms with Crippen LogP contribution in [0.3, 0.4) is 0 Å². The predicted molar refractivity (Wildman–Crippen MR) is 208 cm³/mol. The van der Waals surface area contributed by atoms with E-state index in [2.05, 4.69) is 36.5 Å². The SMILES string of the molecule is CCCCC/C=C\C/C=C\CCCCCCCNC(=O)OCCOCC1O[C@H](OC)C(O)[C@@H](OCCO)[C@@H]1O[C@H]1OC(COCCO)[C@@H](OC)[C@H](OCCO)C1O. The number of carbonyl (C=O) groups is 1. The molecule has 0 aromatic carbocycles. The van der Waals surface area contributed by atoms with Crippen LogP contribution >= 0.6 is 0 Å². The molecule has 0 aromatic rings. The molecule has 2 heterocycles. The number of carbonyl (C=O) groups excluding carboxylic acids is 1. The maximum Gasteiger partial charge on any atom is 0.407 e. The van der Waals surface area contributed by atoms with Gasteiger partial charge in [0.2, 0.25) is 0 Å². The van der Waals surface area contributed by atoms with Crippen LogP contribution in [0, 0.1) is 0 Å². The minimum atomic E-state index is -1.45. The largest absolute Gasteiger partial charge is 0.447 e. The molecule has 334 valence electrons. The molecule has 1 amide bonds. The van der Waals surface area contributed by atoms with E-state index in [0.717, 1.165) is 44.9 Å². The van der Waals surface area contributed by atoms with Gasteiger partial charge < -0.3 is 78.2 Å². The maximum absolute atomic E-state index is 12.2. The molecule has 0 aliphatic carbocycles. The number of amides is 1. The second-order valence-electron chi connectivity index (χ2n) is 13.9. The molecule has 0 radical (unpaired) electrons. The quantitative estimate of drug-likeness (QED) is 0.0412. The van der Waals surface area contributed by atoms with Crippen LogP contribution in [-0.2, 0) is 47.4 Å². The van der Waals surface area contributed by atoms with Crippen molar-refractivity contribution in [2.45, 2.75) is 139 Å². The first-order chi connectivity index (χ1) is 27.9. The summed E-state index contributed by atoms with van der Waals surface area (Å²) in [6, 6.07) is 0. The molecule has 2 aliphatic rings. The standard InChI is InChI=1S/C40H73NO16/c1-4-5-6-7-8-9-10-11-12-13-14-15-16-17-18-19-41-40(47)54-27-26-51-29-31-35(37(53-25-22-44)32(45)38(49-3)55-31)57-39-33(46)36(52-24-21-43)34(48-2)30(56-39)28-50-23-20-42/h8-9,11-12,30-39,42-46H,4-7,10,13-29H2,1-3H3,(H,41,47)/b9-8-,12-11-/t30?,31?,32?,33?,34-,35-,36-,37-,38+,39-/m1/s1. The first-order valence-electron chi connectivity index (χ1n) is 20.7. The molecular weight excluding hydrogens is 750 g/mol. The summed E-state index contributed by atoms with van der Waals surface area (Å²) in [6.45, 7) is 1.33. The highest BCUT2D eigenvalue weighted by Crippen LogP contribution is 2.32. The maximum atomic E-state index is 12.2. The summed E-state index contributed by atoms with van der Waals surface area (Å²) in [5, 5.41) is 53.4. The van der Waals surface area contributed by atoms with Crippen molar-refractivity contribution in [3.05, 3.63) is 24.3 Å².